The van der Waals surface area contributed by atoms with Crippen LogP contribution < -0.4 is 10.6 Å². The minimum Gasteiger partial charge on any atom is -0.390 e. The number of amides is 3. The molecule has 2 fully saturated rings. The molecule has 1 aromatic carbocycles. The Labute approximate surface area is 294 Å². The predicted molar refractivity (Wildman–Crippen MR) is 192 cm³/mol. The lowest BCUT2D eigenvalue weighted by atomic mass is 9.82. The number of hydrogen-bond acceptors (Lipinski definition) is 7. The summed E-state index contributed by atoms with van der Waals surface area (Å²) in [6, 6.07) is 8.16. The van der Waals surface area contributed by atoms with E-state index in [9.17, 15) is 24.6 Å². The molecule has 2 aliphatic rings. The van der Waals surface area contributed by atoms with Gasteiger partial charge in [0.1, 0.15) is 12.1 Å². The Morgan fingerprint density at radius 1 is 1.08 bits per heavy atom. The van der Waals surface area contributed by atoms with Crippen LogP contribution in [0.15, 0.2) is 30.3 Å². The molecule has 3 amide bonds. The number of aliphatic hydroxyl groups excluding tert-OH is 2. The number of benzene rings is 1. The lowest BCUT2D eigenvalue weighted by Gasteiger charge is -2.34. The maximum absolute atomic E-state index is 14.0. The number of ether oxygens (including phenoxy) is 1. The summed E-state index contributed by atoms with van der Waals surface area (Å²) in [5.74, 6) is 1.39. The van der Waals surface area contributed by atoms with Crippen LogP contribution in [0.2, 0.25) is 0 Å². The van der Waals surface area contributed by atoms with Crippen molar-refractivity contribution in [2.24, 2.45) is 17.8 Å². The Kier molecular flexibility index (Phi) is 17.6. The number of likely N-dealkylation sites (N-methyl/N-ethyl adjacent to an activating group) is 1. The maximum Gasteiger partial charge on any atom is 0.242 e. The summed E-state index contributed by atoms with van der Waals surface area (Å²) < 4.78 is 5.62. The van der Waals surface area contributed by atoms with E-state index in [1.165, 1.54) is 6.42 Å². The van der Waals surface area contributed by atoms with Gasteiger partial charge in [-0.25, -0.2) is 0 Å². The SMILES string of the molecule is C#CCC[C@H](NC(=O)C(CC(=O)N(C)CCC1COCCN1C)Cc1ccccc1)C(=O)NC(CC1CCCCC1)C(O)[C@@H](O)CC(C)C. The van der Waals surface area contributed by atoms with E-state index in [2.05, 4.69) is 28.5 Å². The van der Waals surface area contributed by atoms with E-state index in [4.69, 9.17) is 11.2 Å². The molecule has 4 unspecified atom stereocenters. The van der Waals surface area contributed by atoms with Crippen molar-refractivity contribution in [3.8, 4) is 12.3 Å². The molecule has 1 saturated heterocycles. The highest BCUT2D eigenvalue weighted by Crippen LogP contribution is 2.29. The number of carbonyl (C=O) groups excluding carboxylic acids is 3. The van der Waals surface area contributed by atoms with Crippen LogP contribution in [0.3, 0.4) is 0 Å². The van der Waals surface area contributed by atoms with E-state index in [1.807, 2.05) is 44.2 Å². The quantitative estimate of drug-likeness (QED) is 0.164. The molecule has 4 N–H and O–H groups in total. The highest BCUT2D eigenvalue weighted by molar-refractivity contribution is 5.91. The van der Waals surface area contributed by atoms with Crippen LogP contribution in [0.25, 0.3) is 0 Å². The van der Waals surface area contributed by atoms with Crippen molar-refractivity contribution in [1.29, 1.82) is 0 Å². The Balaban J connectivity index is 1.74. The molecule has 49 heavy (non-hydrogen) atoms. The summed E-state index contributed by atoms with van der Waals surface area (Å²) in [6.07, 6.45) is 11.4. The monoisotopic (exact) mass is 682 g/mol. The number of terminal acetylenes is 1. The molecule has 274 valence electrons. The lowest BCUT2D eigenvalue weighted by molar-refractivity contribution is -0.137. The van der Waals surface area contributed by atoms with Crippen LogP contribution in [0.5, 0.6) is 0 Å². The molecule has 10 nitrogen and oxygen atoms in total. The Morgan fingerprint density at radius 2 is 1.80 bits per heavy atom. The molecule has 0 radical (unpaired) electrons. The van der Waals surface area contributed by atoms with E-state index in [-0.39, 0.29) is 37.1 Å². The van der Waals surface area contributed by atoms with Crippen molar-refractivity contribution in [2.45, 2.75) is 121 Å². The van der Waals surface area contributed by atoms with Crippen molar-refractivity contribution in [3.63, 3.8) is 0 Å². The minimum atomic E-state index is -1.14. The number of hydrogen-bond donors (Lipinski definition) is 4. The van der Waals surface area contributed by atoms with Gasteiger partial charge in [-0.05, 0) is 56.6 Å². The van der Waals surface area contributed by atoms with Crippen LogP contribution in [0, 0.1) is 30.1 Å². The van der Waals surface area contributed by atoms with Gasteiger partial charge in [-0.3, -0.25) is 19.3 Å². The van der Waals surface area contributed by atoms with Crippen LogP contribution in [0.4, 0.5) is 0 Å². The molecule has 1 saturated carbocycles. The Morgan fingerprint density at radius 3 is 2.45 bits per heavy atom. The molecule has 3 rings (SSSR count). The third-order valence-corrected chi connectivity index (χ3v) is 10.2. The predicted octanol–water partition coefficient (Wildman–Crippen LogP) is 3.54. The molecule has 10 heteroatoms. The number of rotatable bonds is 19. The van der Waals surface area contributed by atoms with Gasteiger partial charge in [0.2, 0.25) is 17.7 Å². The maximum atomic E-state index is 14.0. The van der Waals surface area contributed by atoms with Crippen LogP contribution in [0.1, 0.15) is 90.0 Å². The molecule has 0 spiro atoms. The van der Waals surface area contributed by atoms with Gasteiger partial charge in [-0.1, -0.05) is 76.3 Å². The fourth-order valence-corrected chi connectivity index (χ4v) is 7.06. The number of aliphatic hydroxyl groups is 2. The van der Waals surface area contributed by atoms with Crippen molar-refractivity contribution in [1.82, 2.24) is 20.4 Å². The van der Waals surface area contributed by atoms with Gasteiger partial charge in [0.25, 0.3) is 0 Å². The second-order valence-corrected chi connectivity index (χ2v) is 14.8. The average molecular weight is 683 g/mol. The first kappa shape index (κ1) is 40.5. The fourth-order valence-electron chi connectivity index (χ4n) is 7.06. The summed E-state index contributed by atoms with van der Waals surface area (Å²) in [6.45, 7) is 6.70. The normalized spacial score (nSPS) is 20.4. The first-order valence-corrected chi connectivity index (χ1v) is 18.4. The zero-order valence-electron chi connectivity index (χ0n) is 30.3. The van der Waals surface area contributed by atoms with Gasteiger partial charge in [0, 0.05) is 39.0 Å². The average Bonchev–Trinajstić information content (AvgIpc) is 3.09. The van der Waals surface area contributed by atoms with Crippen molar-refractivity contribution in [3.05, 3.63) is 35.9 Å². The molecule has 6 atom stereocenters. The van der Waals surface area contributed by atoms with E-state index >= 15 is 0 Å². The topological polar surface area (TPSA) is 131 Å². The molecule has 1 aromatic rings. The second-order valence-electron chi connectivity index (χ2n) is 14.8. The second kappa shape index (κ2) is 21.3. The van der Waals surface area contributed by atoms with Crippen molar-refractivity contribution in [2.75, 3.05) is 40.4 Å². The largest absolute Gasteiger partial charge is 0.390 e. The van der Waals surface area contributed by atoms with Gasteiger partial charge in [0.15, 0.2) is 0 Å². The highest BCUT2D eigenvalue weighted by Gasteiger charge is 2.34. The Hall–Kier alpha value is -2.97. The number of carbonyl (C=O) groups is 3. The number of nitrogens with one attached hydrogen (secondary N) is 2. The first-order valence-electron chi connectivity index (χ1n) is 18.4. The zero-order chi connectivity index (χ0) is 35.8. The third kappa shape index (κ3) is 14.1. The van der Waals surface area contributed by atoms with Gasteiger partial charge in [-0.15, -0.1) is 12.3 Å². The fraction of sp³-hybridized carbons (Fsp3) is 0.718. The van der Waals surface area contributed by atoms with Crippen LogP contribution in [-0.2, 0) is 25.5 Å². The standard InChI is InChI=1S/C39H62N4O6/c1-6-7-18-33(39(48)41-34(25-30-16-12-9-13-17-30)37(46)35(44)23-28(2)3)40-38(47)31(24-29-14-10-8-11-15-29)26-36(45)43(5)20-19-32-27-49-22-21-42(32)4/h1,8,10-11,14-15,28,30-35,37,44,46H,7,9,12-13,16-27H2,2-5H3,(H,40,47)(H,41,48)/t31?,32?,33-,34?,35-,37?/m0/s1. The van der Waals surface area contributed by atoms with E-state index in [0.29, 0.717) is 44.9 Å². The number of nitrogens with zero attached hydrogens (tertiary/aromatic N) is 2. The summed E-state index contributed by atoms with van der Waals surface area (Å²) in [7, 11) is 3.83. The van der Waals surface area contributed by atoms with Gasteiger partial charge < -0.3 is 30.5 Å². The summed E-state index contributed by atoms with van der Waals surface area (Å²) in [5.41, 5.74) is 0.915. The molecule has 0 bridgehead atoms. The first-order chi connectivity index (χ1) is 23.5. The van der Waals surface area contributed by atoms with E-state index in [1.54, 1.807) is 11.9 Å². The smallest absolute Gasteiger partial charge is 0.242 e. The minimum absolute atomic E-state index is 0.0118. The molecular formula is C39H62N4O6. The van der Waals surface area contributed by atoms with Crippen molar-refractivity contribution < 1.29 is 29.3 Å². The van der Waals surface area contributed by atoms with Gasteiger partial charge >= 0.3 is 0 Å². The third-order valence-electron chi connectivity index (χ3n) is 10.2. The van der Waals surface area contributed by atoms with Crippen LogP contribution in [-0.4, -0.2) is 108 Å². The summed E-state index contributed by atoms with van der Waals surface area (Å²) >= 11 is 0. The Bertz CT molecular complexity index is 1180. The van der Waals surface area contributed by atoms with E-state index < -0.39 is 42.0 Å². The lowest BCUT2D eigenvalue weighted by Crippen LogP contribution is -2.56. The van der Waals surface area contributed by atoms with Gasteiger partial charge in [0.05, 0.1) is 31.3 Å². The molecule has 0 aromatic heterocycles. The number of morpholine rings is 1. The molecular weight excluding hydrogens is 620 g/mol. The summed E-state index contributed by atoms with van der Waals surface area (Å²) in [4.78, 5) is 45.3. The molecule has 1 heterocycles. The summed E-state index contributed by atoms with van der Waals surface area (Å²) in [5, 5.41) is 28.0. The van der Waals surface area contributed by atoms with Crippen LogP contribution >= 0.6 is 0 Å². The van der Waals surface area contributed by atoms with E-state index in [0.717, 1.165) is 44.2 Å². The zero-order valence-corrected chi connectivity index (χ0v) is 30.3. The van der Waals surface area contributed by atoms with Crippen molar-refractivity contribution >= 4 is 17.7 Å². The molecule has 1 aliphatic carbocycles. The highest BCUT2D eigenvalue weighted by atomic mass is 16.5. The van der Waals surface area contributed by atoms with Gasteiger partial charge in [-0.2, -0.15) is 0 Å². The molecule has 1 aliphatic heterocycles.